The van der Waals surface area contributed by atoms with Crippen LogP contribution in [0.25, 0.3) is 0 Å². The second-order valence-corrected chi connectivity index (χ2v) is 1.81. The Morgan fingerprint density at radius 3 is 2.92 bits per heavy atom. The Hall–Kier alpha value is -1.61. The summed E-state index contributed by atoms with van der Waals surface area (Å²) in [7, 11) is 1.48. The van der Waals surface area contributed by atoms with Gasteiger partial charge in [-0.05, 0) is 0 Å². The van der Waals surface area contributed by atoms with Crippen molar-refractivity contribution in [1.29, 1.82) is 5.26 Å². The molecule has 0 aliphatic heterocycles. The minimum absolute atomic E-state index is 0.274. The van der Waals surface area contributed by atoms with Crippen LogP contribution in [0.1, 0.15) is 0 Å². The number of nitrogens with one attached hydrogen (secondary N) is 1. The summed E-state index contributed by atoms with van der Waals surface area (Å²) >= 11 is 0. The number of carbonyl (C=O) groups is 1. The Morgan fingerprint density at radius 1 is 1.83 bits per heavy atom. The molecular weight excluding hydrogens is 162 g/mol. The number of nitrogens with zero attached hydrogens (tertiary/aromatic N) is 2. The third-order valence-corrected chi connectivity index (χ3v) is 1.01. The van der Waals surface area contributed by atoms with E-state index < -0.39 is 11.6 Å². The summed E-state index contributed by atoms with van der Waals surface area (Å²) in [5.41, 5.74) is -0.564. The molecule has 0 aliphatic carbocycles. The summed E-state index contributed by atoms with van der Waals surface area (Å²) in [6.45, 7) is 0.617. The van der Waals surface area contributed by atoms with Crippen molar-refractivity contribution in [2.75, 3.05) is 20.3 Å². The number of hydrogen-bond donors (Lipinski definition) is 2. The topological polar surface area (TPSA) is 94.7 Å². The van der Waals surface area contributed by atoms with Gasteiger partial charge in [0.1, 0.15) is 6.07 Å². The fraction of sp³-hybridized carbons (Fsp3) is 0.500. The highest BCUT2D eigenvalue weighted by Gasteiger charge is 2.09. The van der Waals surface area contributed by atoms with Crippen molar-refractivity contribution < 1.29 is 14.7 Å². The van der Waals surface area contributed by atoms with Gasteiger partial charge in [-0.1, -0.05) is 5.16 Å². The Morgan fingerprint density at radius 2 is 2.50 bits per heavy atom. The van der Waals surface area contributed by atoms with E-state index in [1.165, 1.54) is 13.2 Å². The van der Waals surface area contributed by atoms with Crippen LogP contribution in [0.3, 0.4) is 0 Å². The Bertz CT molecular complexity index is 219. The third-order valence-electron chi connectivity index (χ3n) is 1.01. The Labute approximate surface area is 69.4 Å². The van der Waals surface area contributed by atoms with Gasteiger partial charge in [-0.2, -0.15) is 5.26 Å². The number of hydrogen-bond acceptors (Lipinski definition) is 5. The first-order chi connectivity index (χ1) is 5.76. The number of rotatable bonds is 4. The number of amides is 1. The van der Waals surface area contributed by atoms with Crippen molar-refractivity contribution in [2.24, 2.45) is 5.16 Å². The molecule has 0 fully saturated rings. The minimum atomic E-state index is -0.711. The van der Waals surface area contributed by atoms with Crippen LogP contribution in [-0.4, -0.2) is 37.1 Å². The van der Waals surface area contributed by atoms with Crippen LogP contribution in [0, 0.1) is 11.3 Å². The van der Waals surface area contributed by atoms with Gasteiger partial charge >= 0.3 is 0 Å². The van der Waals surface area contributed by atoms with Gasteiger partial charge in [0.25, 0.3) is 5.91 Å². The standard InChI is InChI=1S/C6H9N3O3/c1-12-3-2-8-6(10)5(4-7)9-11/h11H,2-3H2,1H3,(H,8,10)/b9-5+. The van der Waals surface area contributed by atoms with Gasteiger partial charge in [-0.15, -0.1) is 0 Å². The smallest absolute Gasteiger partial charge is 0.284 e. The van der Waals surface area contributed by atoms with Gasteiger partial charge in [-0.3, -0.25) is 4.79 Å². The van der Waals surface area contributed by atoms with E-state index in [4.69, 9.17) is 10.5 Å². The van der Waals surface area contributed by atoms with Gasteiger partial charge < -0.3 is 15.3 Å². The van der Waals surface area contributed by atoms with E-state index in [2.05, 4.69) is 15.2 Å². The van der Waals surface area contributed by atoms with E-state index in [-0.39, 0.29) is 6.54 Å². The lowest BCUT2D eigenvalue weighted by Crippen LogP contribution is -2.32. The minimum Gasteiger partial charge on any atom is -0.410 e. The van der Waals surface area contributed by atoms with Crippen LogP contribution in [-0.2, 0) is 9.53 Å². The fourth-order valence-corrected chi connectivity index (χ4v) is 0.469. The summed E-state index contributed by atoms with van der Waals surface area (Å²) in [4.78, 5) is 10.8. The van der Waals surface area contributed by atoms with Crippen molar-refractivity contribution in [3.63, 3.8) is 0 Å². The lowest BCUT2D eigenvalue weighted by Gasteiger charge is -2.00. The summed E-state index contributed by atoms with van der Waals surface area (Å²) in [5, 5.41) is 21.1. The average molecular weight is 171 g/mol. The molecule has 0 saturated carbocycles. The van der Waals surface area contributed by atoms with Gasteiger partial charge in [0.2, 0.25) is 5.71 Å². The van der Waals surface area contributed by atoms with Crippen molar-refractivity contribution in [3.05, 3.63) is 0 Å². The van der Waals surface area contributed by atoms with Gasteiger partial charge in [0.05, 0.1) is 6.61 Å². The second-order valence-electron chi connectivity index (χ2n) is 1.81. The van der Waals surface area contributed by atoms with E-state index in [9.17, 15) is 4.79 Å². The first kappa shape index (κ1) is 10.4. The molecule has 0 rings (SSSR count). The molecule has 0 bridgehead atoms. The molecule has 0 aliphatic rings. The van der Waals surface area contributed by atoms with E-state index in [0.29, 0.717) is 6.61 Å². The number of ether oxygens (including phenoxy) is 1. The third kappa shape index (κ3) is 3.53. The van der Waals surface area contributed by atoms with Crippen LogP contribution >= 0.6 is 0 Å². The van der Waals surface area contributed by atoms with Gasteiger partial charge in [0.15, 0.2) is 0 Å². The number of carbonyl (C=O) groups excluding carboxylic acids is 1. The second kappa shape index (κ2) is 6.12. The number of oxime groups is 1. The zero-order chi connectivity index (χ0) is 9.40. The maximum Gasteiger partial charge on any atom is 0.284 e. The molecule has 2 N–H and O–H groups in total. The quantitative estimate of drug-likeness (QED) is 0.248. The summed E-state index contributed by atoms with van der Waals surface area (Å²) in [6.07, 6.45) is 0. The van der Waals surface area contributed by atoms with Crippen molar-refractivity contribution >= 4 is 11.6 Å². The van der Waals surface area contributed by atoms with Crippen molar-refractivity contribution in [2.45, 2.75) is 0 Å². The fourth-order valence-electron chi connectivity index (χ4n) is 0.469. The highest BCUT2D eigenvalue weighted by molar-refractivity contribution is 6.44. The van der Waals surface area contributed by atoms with E-state index >= 15 is 0 Å². The summed E-state index contributed by atoms with van der Waals surface area (Å²) in [6, 6.07) is 1.43. The molecule has 0 aromatic carbocycles. The van der Waals surface area contributed by atoms with E-state index in [1.54, 1.807) is 0 Å². The average Bonchev–Trinajstić information content (AvgIpc) is 2.07. The van der Waals surface area contributed by atoms with Gasteiger partial charge in [0, 0.05) is 13.7 Å². The van der Waals surface area contributed by atoms with E-state index in [1.807, 2.05) is 0 Å². The molecule has 1 amide bonds. The first-order valence-corrected chi connectivity index (χ1v) is 3.15. The van der Waals surface area contributed by atoms with E-state index in [0.717, 1.165) is 0 Å². The molecule has 0 atom stereocenters. The molecule has 6 nitrogen and oxygen atoms in total. The largest absolute Gasteiger partial charge is 0.410 e. The molecule has 0 saturated heterocycles. The summed E-state index contributed by atoms with van der Waals surface area (Å²) < 4.78 is 4.64. The van der Waals surface area contributed by atoms with Crippen LogP contribution in [0.5, 0.6) is 0 Å². The van der Waals surface area contributed by atoms with Crippen molar-refractivity contribution in [1.82, 2.24) is 5.32 Å². The SMILES string of the molecule is COCCNC(=O)/C(C#N)=N/O. The van der Waals surface area contributed by atoms with Crippen LogP contribution in [0.4, 0.5) is 0 Å². The number of nitriles is 1. The molecule has 0 spiro atoms. The van der Waals surface area contributed by atoms with Crippen LogP contribution in [0.15, 0.2) is 5.16 Å². The molecule has 0 unspecified atom stereocenters. The zero-order valence-electron chi connectivity index (χ0n) is 6.57. The molecule has 0 aromatic heterocycles. The highest BCUT2D eigenvalue weighted by Crippen LogP contribution is 1.75. The molecule has 6 heteroatoms. The Kier molecular flexibility index (Phi) is 5.30. The molecule has 0 aromatic rings. The molecular formula is C6H9N3O3. The Balaban J connectivity index is 3.81. The highest BCUT2D eigenvalue weighted by atomic mass is 16.5. The van der Waals surface area contributed by atoms with Crippen LogP contribution < -0.4 is 5.32 Å². The van der Waals surface area contributed by atoms with Crippen LogP contribution in [0.2, 0.25) is 0 Å². The predicted molar refractivity (Wildman–Crippen MR) is 39.7 cm³/mol. The maximum absolute atomic E-state index is 10.8. The molecule has 12 heavy (non-hydrogen) atoms. The molecule has 0 heterocycles. The maximum atomic E-state index is 10.8. The predicted octanol–water partition coefficient (Wildman–Crippen LogP) is -0.897. The lowest BCUT2D eigenvalue weighted by atomic mass is 10.4. The lowest BCUT2D eigenvalue weighted by molar-refractivity contribution is -0.115. The molecule has 0 radical (unpaired) electrons. The first-order valence-electron chi connectivity index (χ1n) is 3.15. The zero-order valence-corrected chi connectivity index (χ0v) is 6.57. The van der Waals surface area contributed by atoms with Gasteiger partial charge in [-0.25, -0.2) is 0 Å². The monoisotopic (exact) mass is 171 g/mol. The van der Waals surface area contributed by atoms with Crippen molar-refractivity contribution in [3.8, 4) is 6.07 Å². The molecule has 66 valence electrons. The number of methoxy groups -OCH3 is 1. The summed E-state index contributed by atoms with van der Waals surface area (Å²) in [5.74, 6) is -0.711. The normalized spacial score (nSPS) is 10.5.